The first-order chi connectivity index (χ1) is 8.17. The summed E-state index contributed by atoms with van der Waals surface area (Å²) in [7, 11) is -1.17. The van der Waals surface area contributed by atoms with Gasteiger partial charge in [-0.2, -0.15) is 0 Å². The lowest BCUT2D eigenvalue weighted by Gasteiger charge is -2.16. The van der Waals surface area contributed by atoms with Crippen molar-refractivity contribution >= 4 is 10.8 Å². The Hall–Kier alpha value is -0.780. The van der Waals surface area contributed by atoms with E-state index in [0.29, 0.717) is 17.1 Å². The number of rotatable bonds is 7. The maximum absolute atomic E-state index is 12.7. The van der Waals surface area contributed by atoms with Crippen LogP contribution in [0.2, 0.25) is 0 Å². The lowest BCUT2D eigenvalue weighted by Crippen LogP contribution is -2.34. The molecule has 1 aromatic rings. The van der Waals surface area contributed by atoms with E-state index in [1.165, 1.54) is 24.3 Å². The molecule has 0 saturated carbocycles. The Morgan fingerprint density at radius 1 is 1.41 bits per heavy atom. The second-order valence-electron chi connectivity index (χ2n) is 3.73. The summed E-state index contributed by atoms with van der Waals surface area (Å²) in [5.41, 5.74) is 0. The SMILES string of the molecule is CCNC(CCO)CS(=O)c1ccc(F)cc1. The fourth-order valence-corrected chi connectivity index (χ4v) is 2.84. The lowest BCUT2D eigenvalue weighted by atomic mass is 10.2. The molecule has 0 heterocycles. The molecule has 5 heteroatoms. The third kappa shape index (κ3) is 4.93. The molecule has 2 atom stereocenters. The summed E-state index contributed by atoms with van der Waals surface area (Å²) in [5.74, 6) is 0.101. The zero-order valence-electron chi connectivity index (χ0n) is 9.86. The highest BCUT2D eigenvalue weighted by Crippen LogP contribution is 2.10. The van der Waals surface area contributed by atoms with Crippen molar-refractivity contribution in [1.82, 2.24) is 5.32 Å². The normalized spacial score (nSPS) is 14.5. The molecule has 1 rings (SSSR count). The molecule has 1 aromatic carbocycles. The maximum atomic E-state index is 12.7. The Morgan fingerprint density at radius 2 is 2.06 bits per heavy atom. The molecule has 2 unspecified atom stereocenters. The number of hydrogen-bond acceptors (Lipinski definition) is 3. The number of benzene rings is 1. The van der Waals surface area contributed by atoms with Crippen LogP contribution < -0.4 is 5.32 Å². The fraction of sp³-hybridized carbons (Fsp3) is 0.500. The van der Waals surface area contributed by atoms with E-state index in [9.17, 15) is 8.60 Å². The van der Waals surface area contributed by atoms with Crippen LogP contribution >= 0.6 is 0 Å². The first-order valence-electron chi connectivity index (χ1n) is 5.65. The Morgan fingerprint density at radius 3 is 2.59 bits per heavy atom. The van der Waals surface area contributed by atoms with Crippen molar-refractivity contribution in [2.24, 2.45) is 0 Å². The summed E-state index contributed by atoms with van der Waals surface area (Å²) in [6.45, 7) is 2.80. The molecule has 0 aliphatic heterocycles. The summed E-state index contributed by atoms with van der Waals surface area (Å²) < 4.78 is 24.7. The maximum Gasteiger partial charge on any atom is 0.123 e. The van der Waals surface area contributed by atoms with Gasteiger partial charge in [-0.05, 0) is 37.2 Å². The number of aliphatic hydroxyl groups is 1. The molecule has 0 spiro atoms. The predicted molar refractivity (Wildman–Crippen MR) is 66.8 cm³/mol. The minimum Gasteiger partial charge on any atom is -0.396 e. The van der Waals surface area contributed by atoms with Crippen LogP contribution in [0.3, 0.4) is 0 Å². The van der Waals surface area contributed by atoms with Crippen molar-refractivity contribution in [3.05, 3.63) is 30.1 Å². The van der Waals surface area contributed by atoms with Gasteiger partial charge in [-0.1, -0.05) is 6.92 Å². The molecule has 0 bridgehead atoms. The Balaban J connectivity index is 2.60. The van der Waals surface area contributed by atoms with E-state index >= 15 is 0 Å². The summed E-state index contributed by atoms with van der Waals surface area (Å²) in [4.78, 5) is 0.618. The molecule has 0 aliphatic rings. The van der Waals surface area contributed by atoms with Crippen molar-refractivity contribution in [2.45, 2.75) is 24.3 Å². The lowest BCUT2D eigenvalue weighted by molar-refractivity contribution is 0.270. The van der Waals surface area contributed by atoms with Gasteiger partial charge in [0.25, 0.3) is 0 Å². The molecule has 96 valence electrons. The van der Waals surface area contributed by atoms with E-state index in [4.69, 9.17) is 5.11 Å². The standard InChI is InChI=1S/C12H18FNO2S/c1-2-14-11(7-8-15)9-17(16)12-5-3-10(13)4-6-12/h3-6,11,14-15H,2,7-9H2,1H3. The molecule has 17 heavy (non-hydrogen) atoms. The van der Waals surface area contributed by atoms with Crippen molar-refractivity contribution in [3.63, 3.8) is 0 Å². The van der Waals surface area contributed by atoms with E-state index in [2.05, 4.69) is 5.32 Å². The molecular formula is C12H18FNO2S. The van der Waals surface area contributed by atoms with Gasteiger partial charge in [-0.15, -0.1) is 0 Å². The van der Waals surface area contributed by atoms with Crippen molar-refractivity contribution in [3.8, 4) is 0 Å². The topological polar surface area (TPSA) is 49.3 Å². The number of aliphatic hydroxyl groups excluding tert-OH is 1. The average molecular weight is 259 g/mol. The summed E-state index contributed by atoms with van der Waals surface area (Å²) in [6.07, 6.45) is 0.570. The van der Waals surface area contributed by atoms with Gasteiger partial charge in [0.2, 0.25) is 0 Å². The van der Waals surface area contributed by atoms with Crippen LogP contribution in [-0.2, 0) is 10.8 Å². The minimum absolute atomic E-state index is 0.0240. The van der Waals surface area contributed by atoms with Gasteiger partial charge in [-0.25, -0.2) is 4.39 Å². The first-order valence-corrected chi connectivity index (χ1v) is 6.97. The quantitative estimate of drug-likeness (QED) is 0.776. The van der Waals surface area contributed by atoms with E-state index < -0.39 is 10.8 Å². The minimum atomic E-state index is -1.17. The second kappa shape index (κ2) is 7.53. The smallest absolute Gasteiger partial charge is 0.123 e. The van der Waals surface area contributed by atoms with Crippen LogP contribution in [0.5, 0.6) is 0 Å². The van der Waals surface area contributed by atoms with Crippen LogP contribution in [0.1, 0.15) is 13.3 Å². The largest absolute Gasteiger partial charge is 0.396 e. The predicted octanol–water partition coefficient (Wildman–Crippen LogP) is 1.29. The van der Waals surface area contributed by atoms with Crippen molar-refractivity contribution in [1.29, 1.82) is 0 Å². The highest BCUT2D eigenvalue weighted by Gasteiger charge is 2.12. The highest BCUT2D eigenvalue weighted by atomic mass is 32.2. The number of nitrogens with one attached hydrogen (secondary N) is 1. The monoisotopic (exact) mass is 259 g/mol. The fourth-order valence-electron chi connectivity index (χ4n) is 1.55. The van der Waals surface area contributed by atoms with E-state index in [-0.39, 0.29) is 18.5 Å². The van der Waals surface area contributed by atoms with Gasteiger partial charge in [0.1, 0.15) is 5.82 Å². The number of hydrogen-bond donors (Lipinski definition) is 2. The zero-order valence-corrected chi connectivity index (χ0v) is 10.7. The van der Waals surface area contributed by atoms with E-state index in [1.807, 2.05) is 6.92 Å². The molecule has 0 amide bonds. The second-order valence-corrected chi connectivity index (χ2v) is 5.23. The molecule has 0 aliphatic carbocycles. The van der Waals surface area contributed by atoms with Gasteiger partial charge in [0, 0.05) is 23.3 Å². The Labute approximate surface area is 104 Å². The summed E-state index contributed by atoms with van der Waals surface area (Å²) >= 11 is 0. The first kappa shape index (κ1) is 14.3. The van der Waals surface area contributed by atoms with Gasteiger partial charge >= 0.3 is 0 Å². The number of halogens is 1. The molecule has 0 radical (unpaired) electrons. The molecular weight excluding hydrogens is 241 g/mol. The molecule has 2 N–H and O–H groups in total. The Kier molecular flexibility index (Phi) is 6.32. The van der Waals surface area contributed by atoms with Crippen LogP contribution in [-0.4, -0.2) is 34.3 Å². The van der Waals surface area contributed by atoms with Gasteiger partial charge in [0.05, 0.1) is 10.8 Å². The highest BCUT2D eigenvalue weighted by molar-refractivity contribution is 7.85. The summed E-state index contributed by atoms with van der Waals surface area (Å²) in [6, 6.07) is 5.71. The van der Waals surface area contributed by atoms with Crippen LogP contribution in [0.15, 0.2) is 29.2 Å². The van der Waals surface area contributed by atoms with Gasteiger partial charge in [0.15, 0.2) is 0 Å². The third-order valence-electron chi connectivity index (χ3n) is 2.40. The Bertz CT molecular complexity index is 350. The molecule has 0 saturated heterocycles. The van der Waals surface area contributed by atoms with Crippen LogP contribution in [0, 0.1) is 5.82 Å². The van der Waals surface area contributed by atoms with Crippen LogP contribution in [0.4, 0.5) is 4.39 Å². The van der Waals surface area contributed by atoms with E-state index in [1.54, 1.807) is 0 Å². The molecule has 0 aromatic heterocycles. The van der Waals surface area contributed by atoms with Crippen molar-refractivity contribution in [2.75, 3.05) is 18.9 Å². The summed E-state index contributed by atoms with van der Waals surface area (Å²) in [5, 5.41) is 12.1. The van der Waals surface area contributed by atoms with Crippen molar-refractivity contribution < 1.29 is 13.7 Å². The average Bonchev–Trinajstić information content (AvgIpc) is 2.30. The van der Waals surface area contributed by atoms with Gasteiger partial charge in [-0.3, -0.25) is 4.21 Å². The molecule has 3 nitrogen and oxygen atoms in total. The third-order valence-corrected chi connectivity index (χ3v) is 3.90. The van der Waals surface area contributed by atoms with Crippen LogP contribution in [0.25, 0.3) is 0 Å². The van der Waals surface area contributed by atoms with E-state index in [0.717, 1.165) is 6.54 Å². The zero-order chi connectivity index (χ0) is 12.7. The van der Waals surface area contributed by atoms with Gasteiger partial charge < -0.3 is 10.4 Å². The molecule has 0 fully saturated rings.